The quantitative estimate of drug-likeness (QED) is 0.501. The molecular weight excluding hydrogens is 192 g/mol. The average Bonchev–Trinajstić information content (AvgIpc) is 2.20. The van der Waals surface area contributed by atoms with Gasteiger partial charge in [-0.2, -0.15) is 0 Å². The first kappa shape index (κ1) is 11.8. The van der Waals surface area contributed by atoms with Crippen molar-refractivity contribution in [3.8, 4) is 0 Å². The molecule has 0 aliphatic carbocycles. The molecule has 0 spiro atoms. The molecule has 0 unspecified atom stereocenters. The Bertz CT molecular complexity index is 171. The molecule has 6 heteroatoms. The fourth-order valence-electron chi connectivity index (χ4n) is 1.61. The van der Waals surface area contributed by atoms with Crippen molar-refractivity contribution in [3.05, 3.63) is 0 Å². The van der Waals surface area contributed by atoms with Crippen LogP contribution in [0.5, 0.6) is 0 Å². The van der Waals surface area contributed by atoms with Gasteiger partial charge in [-0.3, -0.25) is 0 Å². The molecule has 0 amide bonds. The Morgan fingerprint density at radius 2 is 1.71 bits per heavy atom. The maximum atomic E-state index is 9.49. The molecule has 0 aromatic rings. The minimum Gasteiger partial charge on any atom is -0.394 e. The fraction of sp³-hybridized carbons (Fsp3) is 1.00. The second kappa shape index (κ2) is 5.01. The molecular formula is C8H16O6. The lowest BCUT2D eigenvalue weighted by Crippen LogP contribution is -2.59. The standard InChI is InChI=1S/C8H16O6/c1-12-6-4(3-9)14-8(11)5(10)7(6)13-2/h4-11H,3H2,1-2H3/t4-,5-,6+,7-,8+/m1/s1. The SMILES string of the molecule is CO[C@@H]1[C@@H](O)[C@@H](O)O[C@H](CO)[C@@H]1OC. The number of hydrogen-bond donors (Lipinski definition) is 3. The zero-order chi connectivity index (χ0) is 10.7. The highest BCUT2D eigenvalue weighted by Gasteiger charge is 2.44. The van der Waals surface area contributed by atoms with Gasteiger partial charge in [0, 0.05) is 14.2 Å². The van der Waals surface area contributed by atoms with Crippen LogP contribution in [-0.2, 0) is 14.2 Å². The third kappa shape index (κ3) is 2.05. The number of hydrogen-bond acceptors (Lipinski definition) is 6. The van der Waals surface area contributed by atoms with E-state index in [-0.39, 0.29) is 6.61 Å². The Hall–Kier alpha value is -0.240. The van der Waals surface area contributed by atoms with Crippen LogP contribution < -0.4 is 0 Å². The molecule has 1 saturated heterocycles. The molecule has 0 saturated carbocycles. The zero-order valence-corrected chi connectivity index (χ0v) is 8.16. The third-order valence-corrected chi connectivity index (χ3v) is 2.36. The van der Waals surface area contributed by atoms with Crippen molar-refractivity contribution in [2.24, 2.45) is 0 Å². The Morgan fingerprint density at radius 3 is 2.14 bits per heavy atom. The van der Waals surface area contributed by atoms with E-state index in [9.17, 15) is 10.2 Å². The van der Waals surface area contributed by atoms with Crippen LogP contribution in [0.4, 0.5) is 0 Å². The second-order valence-electron chi connectivity index (χ2n) is 3.14. The number of aliphatic hydroxyl groups excluding tert-OH is 3. The van der Waals surface area contributed by atoms with Gasteiger partial charge >= 0.3 is 0 Å². The molecule has 0 radical (unpaired) electrons. The van der Waals surface area contributed by atoms with Gasteiger partial charge in [-0.1, -0.05) is 0 Å². The Morgan fingerprint density at radius 1 is 1.14 bits per heavy atom. The summed E-state index contributed by atoms with van der Waals surface area (Å²) in [5.41, 5.74) is 0. The third-order valence-electron chi connectivity index (χ3n) is 2.36. The minimum absolute atomic E-state index is 0.303. The van der Waals surface area contributed by atoms with Crippen LogP contribution in [0.25, 0.3) is 0 Å². The van der Waals surface area contributed by atoms with Crippen molar-refractivity contribution in [2.75, 3.05) is 20.8 Å². The monoisotopic (exact) mass is 208 g/mol. The first-order valence-corrected chi connectivity index (χ1v) is 4.33. The van der Waals surface area contributed by atoms with Crippen LogP contribution in [0.15, 0.2) is 0 Å². The second-order valence-corrected chi connectivity index (χ2v) is 3.14. The highest BCUT2D eigenvalue weighted by molar-refractivity contribution is 4.90. The van der Waals surface area contributed by atoms with Gasteiger partial charge in [-0.15, -0.1) is 0 Å². The van der Waals surface area contributed by atoms with E-state index < -0.39 is 30.7 Å². The van der Waals surface area contributed by atoms with Crippen molar-refractivity contribution in [2.45, 2.75) is 30.7 Å². The van der Waals surface area contributed by atoms with Gasteiger partial charge in [0.2, 0.25) is 0 Å². The van der Waals surface area contributed by atoms with Crippen molar-refractivity contribution in [3.63, 3.8) is 0 Å². The van der Waals surface area contributed by atoms with Gasteiger partial charge < -0.3 is 29.5 Å². The Balaban J connectivity index is 2.75. The predicted molar refractivity (Wildman–Crippen MR) is 45.6 cm³/mol. The summed E-state index contributed by atoms with van der Waals surface area (Å²) in [6.07, 6.45) is -4.52. The molecule has 1 aliphatic heterocycles. The van der Waals surface area contributed by atoms with Crippen LogP contribution in [-0.4, -0.2) is 66.9 Å². The first-order valence-electron chi connectivity index (χ1n) is 4.33. The van der Waals surface area contributed by atoms with Gasteiger partial charge in [-0.25, -0.2) is 0 Å². The van der Waals surface area contributed by atoms with E-state index in [1.807, 2.05) is 0 Å². The Kier molecular flexibility index (Phi) is 4.24. The summed E-state index contributed by atoms with van der Waals surface area (Å²) in [7, 11) is 2.82. The smallest absolute Gasteiger partial charge is 0.184 e. The molecule has 1 aliphatic rings. The fourth-order valence-corrected chi connectivity index (χ4v) is 1.61. The molecule has 1 heterocycles. The molecule has 6 nitrogen and oxygen atoms in total. The molecule has 0 aromatic carbocycles. The number of methoxy groups -OCH3 is 2. The summed E-state index contributed by atoms with van der Waals surface area (Å²) in [5, 5.41) is 27.7. The zero-order valence-electron chi connectivity index (χ0n) is 8.16. The summed E-state index contributed by atoms with van der Waals surface area (Å²) in [5.74, 6) is 0. The molecule has 0 bridgehead atoms. The van der Waals surface area contributed by atoms with Crippen LogP contribution in [0, 0.1) is 0 Å². The van der Waals surface area contributed by atoms with Crippen LogP contribution in [0.2, 0.25) is 0 Å². The van der Waals surface area contributed by atoms with Gasteiger partial charge in [0.15, 0.2) is 6.29 Å². The largest absolute Gasteiger partial charge is 0.394 e. The molecule has 3 N–H and O–H groups in total. The van der Waals surface area contributed by atoms with Crippen molar-refractivity contribution < 1.29 is 29.5 Å². The molecule has 1 rings (SSSR count). The van der Waals surface area contributed by atoms with Crippen molar-refractivity contribution in [1.82, 2.24) is 0 Å². The van der Waals surface area contributed by atoms with Crippen LogP contribution >= 0.6 is 0 Å². The van der Waals surface area contributed by atoms with Gasteiger partial charge in [0.25, 0.3) is 0 Å². The van der Waals surface area contributed by atoms with E-state index in [1.165, 1.54) is 14.2 Å². The Labute approximate surface area is 82.0 Å². The van der Waals surface area contributed by atoms with E-state index in [4.69, 9.17) is 19.3 Å². The molecule has 84 valence electrons. The van der Waals surface area contributed by atoms with Gasteiger partial charge in [0.05, 0.1) is 6.61 Å². The minimum atomic E-state index is -1.36. The maximum Gasteiger partial charge on any atom is 0.184 e. The van der Waals surface area contributed by atoms with E-state index in [0.29, 0.717) is 0 Å². The lowest BCUT2D eigenvalue weighted by Gasteiger charge is -2.40. The lowest BCUT2D eigenvalue weighted by molar-refractivity contribution is -0.294. The summed E-state index contributed by atoms with van der Waals surface area (Å²) < 4.78 is 15.0. The molecule has 0 aromatic heterocycles. The van der Waals surface area contributed by atoms with Crippen LogP contribution in [0.3, 0.4) is 0 Å². The summed E-state index contributed by atoms with van der Waals surface area (Å²) in [6.45, 7) is -0.303. The predicted octanol–water partition coefficient (Wildman–Crippen LogP) is -1.91. The summed E-state index contributed by atoms with van der Waals surface area (Å²) >= 11 is 0. The molecule has 5 atom stereocenters. The first-order chi connectivity index (χ1) is 6.65. The molecule has 1 fully saturated rings. The van der Waals surface area contributed by atoms with Gasteiger partial charge in [0.1, 0.15) is 24.4 Å². The van der Waals surface area contributed by atoms with E-state index in [2.05, 4.69) is 0 Å². The highest BCUT2D eigenvalue weighted by atomic mass is 16.7. The maximum absolute atomic E-state index is 9.49. The van der Waals surface area contributed by atoms with E-state index >= 15 is 0 Å². The number of aliphatic hydroxyl groups is 3. The van der Waals surface area contributed by atoms with E-state index in [0.717, 1.165) is 0 Å². The van der Waals surface area contributed by atoms with Gasteiger partial charge in [-0.05, 0) is 0 Å². The van der Waals surface area contributed by atoms with Crippen molar-refractivity contribution in [1.29, 1.82) is 0 Å². The number of rotatable bonds is 3. The average molecular weight is 208 g/mol. The summed E-state index contributed by atoms with van der Waals surface area (Å²) in [4.78, 5) is 0. The summed E-state index contributed by atoms with van der Waals surface area (Å²) in [6, 6.07) is 0. The van der Waals surface area contributed by atoms with E-state index in [1.54, 1.807) is 0 Å². The van der Waals surface area contributed by atoms with Crippen molar-refractivity contribution >= 4 is 0 Å². The topological polar surface area (TPSA) is 88.4 Å². The molecule has 14 heavy (non-hydrogen) atoms. The van der Waals surface area contributed by atoms with Crippen LogP contribution in [0.1, 0.15) is 0 Å². The normalized spacial score (nSPS) is 43.9. The highest BCUT2D eigenvalue weighted by Crippen LogP contribution is 2.23. The lowest BCUT2D eigenvalue weighted by atomic mass is 9.99. The number of ether oxygens (including phenoxy) is 3.